The third kappa shape index (κ3) is 4.20. The van der Waals surface area contributed by atoms with Gasteiger partial charge in [0.2, 0.25) is 5.88 Å². The average molecular weight is 735 g/mol. The molecule has 1 aliphatic heterocycles. The van der Waals surface area contributed by atoms with E-state index in [1.54, 1.807) is 12.1 Å². The van der Waals surface area contributed by atoms with Gasteiger partial charge in [-0.3, -0.25) is 4.99 Å². The molecule has 6 aromatic rings. The van der Waals surface area contributed by atoms with Gasteiger partial charge in [-0.25, -0.2) is 4.98 Å². The second-order valence-corrected chi connectivity index (χ2v) is 11.7. The van der Waals surface area contributed by atoms with Gasteiger partial charge in [-0.2, -0.15) is 0 Å². The first-order valence-electron chi connectivity index (χ1n) is 13.8. The molecule has 1 N–H and O–H groups in total. The molecule has 0 fully saturated rings. The largest absolute Gasteiger partial charge is 0.514 e. The summed E-state index contributed by atoms with van der Waals surface area (Å²) in [5.74, 6) is 1.41. The Morgan fingerprint density at radius 3 is 2.67 bits per heavy atom. The van der Waals surface area contributed by atoms with E-state index in [2.05, 4.69) is 49.2 Å². The van der Waals surface area contributed by atoms with Crippen LogP contribution < -0.4 is 4.74 Å². The first kappa shape index (κ1) is 26.7. The Kier molecular flexibility index (Phi) is 6.18. The molecule has 0 saturated carbocycles. The van der Waals surface area contributed by atoms with Crippen LogP contribution >= 0.6 is 0 Å². The van der Waals surface area contributed by atoms with Crippen LogP contribution in [-0.4, -0.2) is 22.1 Å². The number of fused-ring (bicyclic) bond motifs is 7. The van der Waals surface area contributed by atoms with Gasteiger partial charge < -0.3 is 19.0 Å². The molecule has 42 heavy (non-hydrogen) atoms. The maximum Gasteiger partial charge on any atom is 0.217 e. The number of hydrogen-bond donors (Lipinski definition) is 1. The number of benzene rings is 4. The van der Waals surface area contributed by atoms with Crippen molar-refractivity contribution in [3.8, 4) is 17.4 Å². The van der Waals surface area contributed by atoms with Gasteiger partial charge in [-0.1, -0.05) is 79.4 Å². The number of aromatic nitrogens is 1. The van der Waals surface area contributed by atoms with Crippen molar-refractivity contribution >= 4 is 38.7 Å². The van der Waals surface area contributed by atoms with Gasteiger partial charge in [0.15, 0.2) is 0 Å². The smallest absolute Gasteiger partial charge is 0.217 e. The fourth-order valence-corrected chi connectivity index (χ4v) is 6.42. The first-order chi connectivity index (χ1) is 19.8. The van der Waals surface area contributed by atoms with Gasteiger partial charge in [-0.15, -0.1) is 0 Å². The van der Waals surface area contributed by atoms with Crippen LogP contribution in [0.15, 0.2) is 88.3 Å². The minimum Gasteiger partial charge on any atom is -0.514 e. The number of hydrogen-bond acceptors (Lipinski definition) is 6. The first-order valence-corrected chi connectivity index (χ1v) is 13.8. The van der Waals surface area contributed by atoms with Crippen molar-refractivity contribution in [1.82, 2.24) is 4.98 Å². The van der Waals surface area contributed by atoms with Crippen LogP contribution in [-0.2, 0) is 32.2 Å². The summed E-state index contributed by atoms with van der Waals surface area (Å²) in [6, 6.07) is 29.0. The normalized spacial score (nSPS) is 18.7. The SMILES string of the molecule is Cc1cc(O)c2nc(Oc3[c-]c(C4=N[C@H]5c6ccccc6CC(C)(C)[C@@H]5O4)c4c(c3)oc3ccccc34)ccc2c1.[Pt]. The molecule has 0 amide bonds. The number of phenolic OH excluding ortho intramolecular Hbond substituents is 1. The van der Waals surface area contributed by atoms with Crippen LogP contribution in [0.3, 0.4) is 0 Å². The molecular weight excluding hydrogens is 707 g/mol. The molecule has 7 heteroatoms. The number of furan rings is 1. The van der Waals surface area contributed by atoms with E-state index < -0.39 is 0 Å². The number of ether oxygens (including phenoxy) is 2. The Morgan fingerprint density at radius 1 is 0.976 bits per heavy atom. The molecule has 0 spiro atoms. The van der Waals surface area contributed by atoms with E-state index in [1.807, 2.05) is 49.4 Å². The second kappa shape index (κ2) is 9.71. The summed E-state index contributed by atoms with van der Waals surface area (Å²) in [6.45, 7) is 6.42. The van der Waals surface area contributed by atoms with Crippen molar-refractivity contribution in [3.63, 3.8) is 0 Å². The minimum atomic E-state index is -0.107. The Labute approximate surface area is 257 Å². The van der Waals surface area contributed by atoms with Gasteiger partial charge in [0.25, 0.3) is 0 Å². The summed E-state index contributed by atoms with van der Waals surface area (Å²) in [7, 11) is 0. The molecule has 212 valence electrons. The van der Waals surface area contributed by atoms with Crippen LogP contribution in [0, 0.1) is 18.4 Å². The molecule has 0 saturated heterocycles. The number of pyridine rings is 1. The molecule has 8 rings (SSSR count). The van der Waals surface area contributed by atoms with E-state index in [0.29, 0.717) is 34.2 Å². The van der Waals surface area contributed by atoms with Gasteiger partial charge in [-0.05, 0) is 59.7 Å². The summed E-state index contributed by atoms with van der Waals surface area (Å²) in [5, 5.41) is 13.2. The standard InChI is InChI=1S/C35H27N2O4.Pt/c1-19-14-20-12-13-29(36-31(20)26(38)15-19)39-22-16-25(30-24-10-6-7-11-27(24)40-28(30)17-22)34-37-32-23-9-5-4-8-21(23)18-35(2,3)33(32)41-34;/h4-15,17,32-33,38H,18H2,1-3H3;/q-1;/t32-,33+;/m0./s1. The van der Waals surface area contributed by atoms with Crippen molar-refractivity contribution < 1.29 is 40.1 Å². The zero-order valence-electron chi connectivity index (χ0n) is 23.2. The molecule has 6 nitrogen and oxygen atoms in total. The van der Waals surface area contributed by atoms with Crippen LogP contribution in [0.1, 0.15) is 42.1 Å². The number of aromatic hydroxyl groups is 1. The van der Waals surface area contributed by atoms with Gasteiger partial charge in [0.1, 0.15) is 34.9 Å². The Morgan fingerprint density at radius 2 is 1.79 bits per heavy atom. The zero-order valence-corrected chi connectivity index (χ0v) is 25.5. The number of nitrogens with zero attached hydrogens (tertiary/aromatic N) is 2. The van der Waals surface area contributed by atoms with Crippen molar-refractivity contribution in [1.29, 1.82) is 0 Å². The molecule has 1 aliphatic carbocycles. The number of para-hydroxylation sites is 1. The van der Waals surface area contributed by atoms with Gasteiger partial charge in [0.05, 0.1) is 11.3 Å². The Bertz CT molecular complexity index is 2060. The van der Waals surface area contributed by atoms with Crippen molar-refractivity contribution in [2.24, 2.45) is 10.4 Å². The zero-order chi connectivity index (χ0) is 27.9. The minimum absolute atomic E-state index is 0. The fraction of sp³-hybridized carbons (Fsp3) is 0.200. The molecular formula is C35H27N2O4Pt-. The number of aliphatic imine (C=N–C) groups is 1. The Balaban J connectivity index is 0.00000288. The van der Waals surface area contributed by atoms with E-state index >= 15 is 0 Å². The van der Waals surface area contributed by atoms with E-state index in [-0.39, 0.29) is 44.4 Å². The third-order valence-corrected chi connectivity index (χ3v) is 8.27. The van der Waals surface area contributed by atoms with Crippen molar-refractivity contribution in [2.45, 2.75) is 39.3 Å². The molecule has 4 aromatic carbocycles. The molecule has 2 atom stereocenters. The van der Waals surface area contributed by atoms with E-state index in [4.69, 9.17) is 18.9 Å². The maximum absolute atomic E-state index is 10.5. The van der Waals surface area contributed by atoms with Gasteiger partial charge in [0, 0.05) is 37.9 Å². The predicted octanol–water partition coefficient (Wildman–Crippen LogP) is 8.21. The van der Waals surface area contributed by atoms with Crippen molar-refractivity contribution in [3.05, 3.63) is 107 Å². The monoisotopic (exact) mass is 734 g/mol. The molecule has 2 aromatic heterocycles. The number of rotatable bonds is 3. The van der Waals surface area contributed by atoms with Crippen molar-refractivity contribution in [2.75, 3.05) is 0 Å². The van der Waals surface area contributed by atoms with Crippen LogP contribution in [0.4, 0.5) is 0 Å². The molecule has 0 bridgehead atoms. The fourth-order valence-electron chi connectivity index (χ4n) is 6.42. The van der Waals surface area contributed by atoms with E-state index in [9.17, 15) is 5.11 Å². The summed E-state index contributed by atoms with van der Waals surface area (Å²) in [6.07, 6.45) is 0.816. The molecule has 0 radical (unpaired) electrons. The summed E-state index contributed by atoms with van der Waals surface area (Å²) in [4.78, 5) is 9.76. The topological polar surface area (TPSA) is 77.1 Å². The molecule has 3 heterocycles. The summed E-state index contributed by atoms with van der Waals surface area (Å²) < 4.78 is 19.2. The average Bonchev–Trinajstić information content (AvgIpc) is 3.56. The number of phenols is 1. The van der Waals surface area contributed by atoms with Crippen LogP contribution in [0.5, 0.6) is 17.4 Å². The van der Waals surface area contributed by atoms with Gasteiger partial charge >= 0.3 is 0 Å². The summed E-state index contributed by atoms with van der Waals surface area (Å²) >= 11 is 0. The molecule has 2 aliphatic rings. The predicted molar refractivity (Wildman–Crippen MR) is 159 cm³/mol. The van der Waals surface area contributed by atoms with E-state index in [0.717, 1.165) is 33.7 Å². The molecule has 0 unspecified atom stereocenters. The Hall–Kier alpha value is -4.15. The second-order valence-electron chi connectivity index (χ2n) is 11.7. The van der Waals surface area contributed by atoms with E-state index in [1.165, 1.54) is 11.1 Å². The van der Waals surface area contributed by atoms with Crippen LogP contribution in [0.25, 0.3) is 32.8 Å². The summed E-state index contributed by atoms with van der Waals surface area (Å²) in [5.41, 5.74) is 5.97. The quantitative estimate of drug-likeness (QED) is 0.186. The maximum atomic E-state index is 10.5. The third-order valence-electron chi connectivity index (χ3n) is 8.27. The van der Waals surface area contributed by atoms with Crippen LogP contribution in [0.2, 0.25) is 0 Å². The number of aryl methyl sites for hydroxylation is 1.